The van der Waals surface area contributed by atoms with Gasteiger partial charge < -0.3 is 4.74 Å². The van der Waals surface area contributed by atoms with Gasteiger partial charge >= 0.3 is 18.2 Å². The Balaban J connectivity index is 2.17. The minimum absolute atomic E-state index is 0.0653. The quantitative estimate of drug-likeness (QED) is 0.875. The van der Waals surface area contributed by atoms with Crippen molar-refractivity contribution in [2.24, 2.45) is 0 Å². The van der Waals surface area contributed by atoms with Crippen LogP contribution in [0.25, 0.3) is 10.8 Å². The summed E-state index contributed by atoms with van der Waals surface area (Å²) in [6.45, 7) is 0. The number of imide groups is 1. The van der Waals surface area contributed by atoms with Crippen LogP contribution in [0.3, 0.4) is 0 Å². The van der Waals surface area contributed by atoms with Gasteiger partial charge in [0.05, 0.1) is 0 Å². The first-order chi connectivity index (χ1) is 9.38. The minimum atomic E-state index is -5.14. The fraction of sp³-hybridized carbons (Fsp3) is 0.0769. The summed E-state index contributed by atoms with van der Waals surface area (Å²) in [5.41, 5.74) is 0. The number of carbonyl (C=O) groups is 2. The summed E-state index contributed by atoms with van der Waals surface area (Å²) < 4.78 is 40.7. The van der Waals surface area contributed by atoms with Crippen molar-refractivity contribution in [3.8, 4) is 5.75 Å². The van der Waals surface area contributed by atoms with Gasteiger partial charge in [0.25, 0.3) is 0 Å². The molecular formula is C13H8F3NO3. The number of carbonyl (C=O) groups excluding carboxylic acids is 2. The van der Waals surface area contributed by atoms with Crippen LogP contribution >= 0.6 is 0 Å². The zero-order chi connectivity index (χ0) is 14.8. The molecule has 20 heavy (non-hydrogen) atoms. The zero-order valence-electron chi connectivity index (χ0n) is 9.90. The monoisotopic (exact) mass is 283 g/mol. The van der Waals surface area contributed by atoms with Gasteiger partial charge in [0, 0.05) is 5.39 Å². The summed E-state index contributed by atoms with van der Waals surface area (Å²) in [6.07, 6.45) is -6.62. The van der Waals surface area contributed by atoms with Gasteiger partial charge in [-0.05, 0) is 11.5 Å². The molecule has 7 heteroatoms. The van der Waals surface area contributed by atoms with Crippen LogP contribution in [0.15, 0.2) is 42.5 Å². The van der Waals surface area contributed by atoms with Crippen molar-refractivity contribution in [2.75, 3.05) is 0 Å². The first-order valence-corrected chi connectivity index (χ1v) is 5.45. The van der Waals surface area contributed by atoms with Crippen LogP contribution in [0.4, 0.5) is 18.0 Å². The van der Waals surface area contributed by atoms with Crippen molar-refractivity contribution in [2.45, 2.75) is 6.18 Å². The summed E-state index contributed by atoms with van der Waals surface area (Å²) in [6, 6.07) is 11.6. The first-order valence-electron chi connectivity index (χ1n) is 5.45. The molecule has 0 saturated carbocycles. The smallest absolute Gasteiger partial charge is 0.409 e. The van der Waals surface area contributed by atoms with E-state index in [1.54, 1.807) is 36.4 Å². The molecule has 0 aromatic heterocycles. The molecule has 4 nitrogen and oxygen atoms in total. The van der Waals surface area contributed by atoms with E-state index in [-0.39, 0.29) is 5.75 Å². The maximum absolute atomic E-state index is 12.0. The van der Waals surface area contributed by atoms with Crippen LogP contribution in [0.2, 0.25) is 0 Å². The number of hydrogen-bond donors (Lipinski definition) is 1. The van der Waals surface area contributed by atoms with E-state index >= 15 is 0 Å². The molecule has 0 fully saturated rings. The standard InChI is InChI=1S/C13H8F3NO3/c14-13(15,16)11(18)17-12(19)20-10-7-3-5-8-4-1-2-6-9(8)10/h1-7H,(H,17,18,19). The van der Waals surface area contributed by atoms with Crippen LogP contribution in [0.5, 0.6) is 5.75 Å². The van der Waals surface area contributed by atoms with Crippen molar-refractivity contribution < 1.29 is 27.5 Å². The number of benzene rings is 2. The Bertz CT molecular complexity index is 662. The van der Waals surface area contributed by atoms with Crippen LogP contribution < -0.4 is 10.1 Å². The number of rotatable bonds is 1. The predicted molar refractivity (Wildman–Crippen MR) is 64.2 cm³/mol. The molecule has 2 amide bonds. The minimum Gasteiger partial charge on any atom is -0.409 e. The van der Waals surface area contributed by atoms with Crippen LogP contribution in [0.1, 0.15) is 0 Å². The molecule has 0 unspecified atom stereocenters. The Morgan fingerprint density at radius 1 is 1.00 bits per heavy atom. The highest BCUT2D eigenvalue weighted by molar-refractivity contribution is 5.97. The molecule has 0 atom stereocenters. The van der Waals surface area contributed by atoms with E-state index in [2.05, 4.69) is 0 Å². The molecular weight excluding hydrogens is 275 g/mol. The number of ether oxygens (including phenoxy) is 1. The van der Waals surface area contributed by atoms with E-state index in [0.717, 1.165) is 10.7 Å². The molecule has 104 valence electrons. The van der Waals surface area contributed by atoms with E-state index in [4.69, 9.17) is 4.74 Å². The SMILES string of the molecule is O=C(NC(=O)C(F)(F)F)Oc1cccc2ccccc12. The van der Waals surface area contributed by atoms with Gasteiger partial charge in [0.1, 0.15) is 5.75 Å². The molecule has 0 aliphatic rings. The molecule has 2 aromatic rings. The average Bonchev–Trinajstić information content (AvgIpc) is 2.38. The van der Waals surface area contributed by atoms with Crippen LogP contribution in [0, 0.1) is 0 Å². The number of hydrogen-bond acceptors (Lipinski definition) is 3. The number of fused-ring (bicyclic) bond motifs is 1. The van der Waals surface area contributed by atoms with Crippen LogP contribution in [-0.4, -0.2) is 18.2 Å². The Morgan fingerprint density at radius 3 is 2.35 bits per heavy atom. The van der Waals surface area contributed by atoms with Gasteiger partial charge in [-0.15, -0.1) is 0 Å². The van der Waals surface area contributed by atoms with E-state index in [9.17, 15) is 22.8 Å². The third kappa shape index (κ3) is 3.05. The highest BCUT2D eigenvalue weighted by atomic mass is 19.4. The molecule has 0 saturated heterocycles. The molecule has 0 aliphatic heterocycles. The second-order valence-corrected chi connectivity index (χ2v) is 3.82. The molecule has 0 bridgehead atoms. The Kier molecular flexibility index (Phi) is 3.60. The van der Waals surface area contributed by atoms with Gasteiger partial charge in [-0.2, -0.15) is 13.2 Å². The molecule has 0 aliphatic carbocycles. The molecule has 0 radical (unpaired) electrons. The van der Waals surface area contributed by atoms with Gasteiger partial charge in [0.15, 0.2) is 0 Å². The number of nitrogens with one attached hydrogen (secondary N) is 1. The second kappa shape index (κ2) is 5.20. The van der Waals surface area contributed by atoms with Crippen LogP contribution in [-0.2, 0) is 4.79 Å². The van der Waals surface area contributed by atoms with E-state index < -0.39 is 18.2 Å². The van der Waals surface area contributed by atoms with Crippen molar-refractivity contribution in [1.29, 1.82) is 0 Å². The maximum atomic E-state index is 12.0. The number of halogens is 3. The lowest BCUT2D eigenvalue weighted by atomic mass is 10.1. The van der Waals surface area contributed by atoms with Crippen molar-refractivity contribution in [1.82, 2.24) is 5.32 Å². The summed E-state index contributed by atoms with van der Waals surface area (Å²) in [5, 5.41) is 2.40. The number of amides is 2. The highest BCUT2D eigenvalue weighted by Gasteiger charge is 2.40. The Labute approximate surface area is 111 Å². The van der Waals surface area contributed by atoms with E-state index in [0.29, 0.717) is 5.39 Å². The first kappa shape index (κ1) is 13.9. The molecule has 0 heterocycles. The van der Waals surface area contributed by atoms with Gasteiger partial charge in [-0.25, -0.2) is 4.79 Å². The summed E-state index contributed by atoms with van der Waals surface area (Å²) >= 11 is 0. The second-order valence-electron chi connectivity index (χ2n) is 3.82. The van der Waals surface area contributed by atoms with Crippen molar-refractivity contribution >= 4 is 22.8 Å². The fourth-order valence-electron chi connectivity index (χ4n) is 1.57. The van der Waals surface area contributed by atoms with Gasteiger partial charge in [-0.3, -0.25) is 10.1 Å². The van der Waals surface area contributed by atoms with Crippen molar-refractivity contribution in [3.05, 3.63) is 42.5 Å². The third-order valence-electron chi connectivity index (χ3n) is 2.43. The lowest BCUT2D eigenvalue weighted by molar-refractivity contribution is -0.172. The summed E-state index contributed by atoms with van der Waals surface area (Å²) in [7, 11) is 0. The molecule has 2 aromatic carbocycles. The van der Waals surface area contributed by atoms with Gasteiger partial charge in [-0.1, -0.05) is 36.4 Å². The fourth-order valence-corrected chi connectivity index (χ4v) is 1.57. The molecule has 0 spiro atoms. The third-order valence-corrected chi connectivity index (χ3v) is 2.43. The molecule has 1 N–H and O–H groups in total. The lowest BCUT2D eigenvalue weighted by Gasteiger charge is -2.09. The largest absolute Gasteiger partial charge is 0.471 e. The Hall–Kier alpha value is -2.57. The molecule has 2 rings (SSSR count). The van der Waals surface area contributed by atoms with E-state index in [1.165, 1.54) is 6.07 Å². The Morgan fingerprint density at radius 2 is 1.65 bits per heavy atom. The average molecular weight is 283 g/mol. The number of alkyl halides is 3. The lowest BCUT2D eigenvalue weighted by Crippen LogP contribution is -2.41. The topological polar surface area (TPSA) is 55.4 Å². The van der Waals surface area contributed by atoms with Crippen molar-refractivity contribution in [3.63, 3.8) is 0 Å². The van der Waals surface area contributed by atoms with E-state index in [1.807, 2.05) is 0 Å². The maximum Gasteiger partial charge on any atom is 0.471 e. The normalized spacial score (nSPS) is 11.2. The highest BCUT2D eigenvalue weighted by Crippen LogP contribution is 2.25. The summed E-state index contributed by atoms with van der Waals surface area (Å²) in [4.78, 5) is 21.9. The zero-order valence-corrected chi connectivity index (χ0v) is 9.90. The predicted octanol–water partition coefficient (Wildman–Crippen LogP) is 3.02. The van der Waals surface area contributed by atoms with Gasteiger partial charge in [0.2, 0.25) is 0 Å². The summed E-state index contributed by atoms with van der Waals surface area (Å²) in [5.74, 6) is -2.31.